The van der Waals surface area contributed by atoms with E-state index in [-0.39, 0.29) is 11.7 Å². The highest BCUT2D eigenvalue weighted by Crippen LogP contribution is 2.42. The zero-order valence-electron chi connectivity index (χ0n) is 16.7. The highest BCUT2D eigenvalue weighted by atomic mass is 32.2. The number of aromatic nitrogens is 4. The van der Waals surface area contributed by atoms with Crippen LogP contribution in [0.3, 0.4) is 0 Å². The maximum absolute atomic E-state index is 12.5. The number of aromatic amines is 1. The molecule has 7 heteroatoms. The molecule has 0 bridgehead atoms. The molecule has 0 spiro atoms. The first-order chi connectivity index (χ1) is 14.1. The third-order valence-corrected chi connectivity index (χ3v) is 6.54. The van der Waals surface area contributed by atoms with Crippen molar-refractivity contribution in [3.05, 3.63) is 30.5 Å². The van der Waals surface area contributed by atoms with Crippen molar-refractivity contribution in [1.82, 2.24) is 25.1 Å². The maximum atomic E-state index is 12.5. The molecule has 0 unspecified atom stereocenters. The van der Waals surface area contributed by atoms with E-state index in [9.17, 15) is 4.79 Å². The molecule has 1 fully saturated rings. The third-order valence-electron chi connectivity index (χ3n) is 5.60. The molecule has 1 aromatic carbocycles. The van der Waals surface area contributed by atoms with Gasteiger partial charge < -0.3 is 10.3 Å². The van der Waals surface area contributed by atoms with Crippen LogP contribution in [0.4, 0.5) is 0 Å². The Bertz CT molecular complexity index is 1070. The number of fused-ring (bicyclic) bond motifs is 1. The van der Waals surface area contributed by atoms with Crippen LogP contribution in [0.25, 0.3) is 22.3 Å². The van der Waals surface area contributed by atoms with Gasteiger partial charge in [0.25, 0.3) is 0 Å². The van der Waals surface area contributed by atoms with Crippen LogP contribution in [0, 0.1) is 12.3 Å². The van der Waals surface area contributed by atoms with E-state index < -0.39 is 5.54 Å². The molecule has 0 aliphatic heterocycles. The predicted molar refractivity (Wildman–Crippen MR) is 117 cm³/mol. The van der Waals surface area contributed by atoms with Crippen molar-refractivity contribution in [2.24, 2.45) is 0 Å². The average molecular weight is 408 g/mol. The van der Waals surface area contributed by atoms with Gasteiger partial charge in [-0.3, -0.25) is 9.36 Å². The first-order valence-electron chi connectivity index (χ1n) is 10.0. The molecule has 1 aliphatic carbocycles. The molecule has 6 nitrogen and oxygen atoms in total. The van der Waals surface area contributed by atoms with Crippen LogP contribution in [-0.4, -0.2) is 36.9 Å². The van der Waals surface area contributed by atoms with Crippen molar-refractivity contribution in [2.75, 3.05) is 5.75 Å². The Balaban J connectivity index is 1.55. The van der Waals surface area contributed by atoms with Crippen molar-refractivity contribution in [2.45, 2.75) is 56.3 Å². The summed E-state index contributed by atoms with van der Waals surface area (Å²) >= 11 is 1.42. The topological polar surface area (TPSA) is 75.6 Å². The van der Waals surface area contributed by atoms with Gasteiger partial charge >= 0.3 is 0 Å². The molecule has 2 N–H and O–H groups in total. The summed E-state index contributed by atoms with van der Waals surface area (Å²) in [5, 5.41) is 13.8. The van der Waals surface area contributed by atoms with Gasteiger partial charge in [0.1, 0.15) is 5.54 Å². The fourth-order valence-corrected chi connectivity index (χ4v) is 4.38. The van der Waals surface area contributed by atoms with Crippen LogP contribution in [0.15, 0.2) is 35.6 Å². The van der Waals surface area contributed by atoms with Gasteiger partial charge in [0.2, 0.25) is 5.91 Å². The fraction of sp³-hybridized carbons (Fsp3) is 0.409. The summed E-state index contributed by atoms with van der Waals surface area (Å²) in [6, 6.07) is 8.57. The number of carbonyl (C=O) groups excluding carboxylic acids is 1. The van der Waals surface area contributed by atoms with Crippen molar-refractivity contribution < 1.29 is 4.79 Å². The Morgan fingerprint density at radius 2 is 2.10 bits per heavy atom. The van der Waals surface area contributed by atoms with E-state index in [2.05, 4.69) is 43.1 Å². The third kappa shape index (κ3) is 3.77. The lowest BCUT2D eigenvalue weighted by atomic mass is 9.94. The second-order valence-electron chi connectivity index (χ2n) is 7.43. The van der Waals surface area contributed by atoms with Gasteiger partial charge in [0.15, 0.2) is 11.0 Å². The molecule has 1 saturated carbocycles. The fourth-order valence-electron chi connectivity index (χ4n) is 3.58. The van der Waals surface area contributed by atoms with E-state index in [1.165, 1.54) is 11.8 Å². The van der Waals surface area contributed by atoms with E-state index in [1.807, 2.05) is 32.2 Å². The molecule has 1 aliphatic rings. The number of terminal acetylenes is 1. The molecule has 3 aromatic rings. The summed E-state index contributed by atoms with van der Waals surface area (Å²) in [4.78, 5) is 15.8. The van der Waals surface area contributed by atoms with Gasteiger partial charge in [-0.1, -0.05) is 49.7 Å². The van der Waals surface area contributed by atoms with E-state index in [1.54, 1.807) is 0 Å². The van der Waals surface area contributed by atoms with E-state index in [0.717, 1.165) is 40.3 Å². The molecule has 4 rings (SSSR count). The number of para-hydroxylation sites is 1. The highest BCUT2D eigenvalue weighted by Gasteiger charge is 2.31. The Kier molecular flexibility index (Phi) is 5.37. The highest BCUT2D eigenvalue weighted by molar-refractivity contribution is 7.99. The quantitative estimate of drug-likeness (QED) is 0.434. The number of hydrogen-bond acceptors (Lipinski definition) is 4. The first-order valence-corrected chi connectivity index (χ1v) is 11.0. The van der Waals surface area contributed by atoms with Crippen molar-refractivity contribution in [3.8, 4) is 23.7 Å². The van der Waals surface area contributed by atoms with Gasteiger partial charge in [0.05, 0.1) is 5.75 Å². The Morgan fingerprint density at radius 1 is 1.34 bits per heavy atom. The maximum Gasteiger partial charge on any atom is 0.231 e. The van der Waals surface area contributed by atoms with Crippen LogP contribution in [0.2, 0.25) is 0 Å². The molecule has 150 valence electrons. The van der Waals surface area contributed by atoms with Crippen LogP contribution in [-0.2, 0) is 4.79 Å². The van der Waals surface area contributed by atoms with Crippen molar-refractivity contribution >= 4 is 28.6 Å². The Hall–Kier alpha value is -2.72. The lowest BCUT2D eigenvalue weighted by Gasteiger charge is -2.26. The minimum Gasteiger partial charge on any atom is -0.360 e. The zero-order chi connectivity index (χ0) is 20.4. The van der Waals surface area contributed by atoms with Crippen LogP contribution < -0.4 is 5.32 Å². The number of rotatable bonds is 8. The average Bonchev–Trinajstić information content (AvgIpc) is 3.36. The van der Waals surface area contributed by atoms with Gasteiger partial charge in [0, 0.05) is 28.7 Å². The number of H-pyrrole nitrogens is 1. The predicted octanol–water partition coefficient (Wildman–Crippen LogP) is 4.16. The minimum atomic E-state index is -0.572. The number of nitrogens with one attached hydrogen (secondary N) is 2. The molecular formula is C22H25N5OS. The lowest BCUT2D eigenvalue weighted by molar-refractivity contribution is -0.119. The molecule has 1 amide bonds. The molecular weight excluding hydrogens is 382 g/mol. The smallest absolute Gasteiger partial charge is 0.231 e. The lowest BCUT2D eigenvalue weighted by Crippen LogP contribution is -2.47. The van der Waals surface area contributed by atoms with E-state index in [0.29, 0.717) is 18.9 Å². The number of nitrogens with zero attached hydrogens (tertiary/aromatic N) is 3. The molecule has 2 aromatic heterocycles. The zero-order valence-corrected chi connectivity index (χ0v) is 17.6. The summed E-state index contributed by atoms with van der Waals surface area (Å²) in [6.45, 7) is 3.99. The SMILES string of the molecule is C#CC(CC)(CC)NC(=O)CSc1nnc(-c2c[nH]c3ccccc23)n1C1CC1. The minimum absolute atomic E-state index is 0.0735. The summed E-state index contributed by atoms with van der Waals surface area (Å²) in [5.41, 5.74) is 1.54. The number of carbonyl (C=O) groups is 1. The monoisotopic (exact) mass is 407 g/mol. The second kappa shape index (κ2) is 7.96. The van der Waals surface area contributed by atoms with Gasteiger partial charge in [-0.15, -0.1) is 16.6 Å². The number of amides is 1. The molecule has 0 atom stereocenters. The van der Waals surface area contributed by atoms with E-state index in [4.69, 9.17) is 6.42 Å². The standard InChI is InChI=1S/C22H25N5OS/c1-4-22(5-2,6-3)24-19(28)14-29-21-26-25-20(27(21)15-11-12-15)17-13-23-18-10-8-7-9-16(17)18/h1,7-10,13,15,23H,5-6,11-12,14H2,2-3H3,(H,24,28). The summed E-state index contributed by atoms with van der Waals surface area (Å²) < 4.78 is 2.18. The van der Waals surface area contributed by atoms with Crippen LogP contribution in [0.5, 0.6) is 0 Å². The molecule has 0 radical (unpaired) electrons. The Labute approximate surface area is 174 Å². The summed E-state index contributed by atoms with van der Waals surface area (Å²) in [6.07, 6.45) is 11.3. The van der Waals surface area contributed by atoms with Crippen molar-refractivity contribution in [1.29, 1.82) is 0 Å². The number of hydrogen-bond donors (Lipinski definition) is 2. The van der Waals surface area contributed by atoms with Gasteiger partial charge in [-0.2, -0.15) is 0 Å². The number of benzene rings is 1. The number of thioether (sulfide) groups is 1. The van der Waals surface area contributed by atoms with E-state index >= 15 is 0 Å². The normalized spacial score (nSPS) is 14.1. The van der Waals surface area contributed by atoms with Crippen LogP contribution in [0.1, 0.15) is 45.6 Å². The van der Waals surface area contributed by atoms with Crippen molar-refractivity contribution in [3.63, 3.8) is 0 Å². The summed E-state index contributed by atoms with van der Waals surface area (Å²) in [5.74, 6) is 3.79. The second-order valence-corrected chi connectivity index (χ2v) is 8.37. The van der Waals surface area contributed by atoms with Crippen LogP contribution >= 0.6 is 11.8 Å². The van der Waals surface area contributed by atoms with Gasteiger partial charge in [-0.05, 0) is 31.7 Å². The molecule has 0 saturated heterocycles. The molecule has 29 heavy (non-hydrogen) atoms. The first kappa shape index (κ1) is 19.6. The largest absolute Gasteiger partial charge is 0.360 e. The Morgan fingerprint density at radius 3 is 2.79 bits per heavy atom. The van der Waals surface area contributed by atoms with Gasteiger partial charge in [-0.25, -0.2) is 0 Å². The summed E-state index contributed by atoms with van der Waals surface area (Å²) in [7, 11) is 0. The molecule has 2 heterocycles.